The molecule has 0 saturated carbocycles. The molecule has 10 nitrogen and oxygen atoms in total. The Labute approximate surface area is 387 Å². The van der Waals surface area contributed by atoms with E-state index in [1.54, 1.807) is 51.4 Å². The smallest absolute Gasteiger partial charge is 0.226 e. The van der Waals surface area contributed by atoms with Gasteiger partial charge in [-0.3, -0.25) is 19.4 Å². The van der Waals surface area contributed by atoms with Gasteiger partial charge in [-0.1, -0.05) is 19.1 Å². The highest BCUT2D eigenvalue weighted by molar-refractivity contribution is 7.23. The highest BCUT2D eigenvalue weighted by Crippen LogP contribution is 2.48. The molecular weight excluding hydrogens is 868 g/mol. The number of aromatic nitrogens is 2. The second kappa shape index (κ2) is 19.8. The molecule has 3 unspecified atom stereocenters. The average molecular weight is 929 g/mol. The average Bonchev–Trinajstić information content (AvgIpc) is 4.03. The molecular formula is C48H61FN8O2S4. The van der Waals surface area contributed by atoms with Crippen molar-refractivity contribution in [1.29, 1.82) is 0 Å². The fourth-order valence-corrected chi connectivity index (χ4v) is 13.3. The molecule has 6 heterocycles. The number of hydrogen-bond donors (Lipinski definition) is 4. The number of halogens is 1. The van der Waals surface area contributed by atoms with Crippen LogP contribution in [0, 0.1) is 5.82 Å². The van der Waals surface area contributed by atoms with Crippen molar-refractivity contribution in [3.8, 4) is 21.1 Å². The normalized spacial score (nSPS) is 16.3. The number of thiazole rings is 2. The molecule has 8 rings (SSSR count). The van der Waals surface area contributed by atoms with Crippen LogP contribution >= 0.6 is 45.3 Å². The number of anilines is 2. The fourth-order valence-electron chi connectivity index (χ4n) is 8.57. The summed E-state index contributed by atoms with van der Waals surface area (Å²) in [6.45, 7) is 20.2. The first-order valence-corrected chi connectivity index (χ1v) is 25.8. The molecule has 6 aromatic rings. The molecule has 15 heteroatoms. The molecule has 63 heavy (non-hydrogen) atoms. The second-order valence-corrected chi connectivity index (χ2v) is 22.6. The highest BCUT2D eigenvalue weighted by Gasteiger charge is 2.32. The Morgan fingerprint density at radius 1 is 0.746 bits per heavy atom. The van der Waals surface area contributed by atoms with Crippen LogP contribution in [0.4, 0.5) is 14.4 Å². The number of thiophene rings is 2. The number of rotatable bonds is 17. The summed E-state index contributed by atoms with van der Waals surface area (Å²) in [5.74, 6) is -0.285. The number of para-hydroxylation sites is 1. The Hall–Kier alpha value is -3.67. The first-order chi connectivity index (χ1) is 30.2. The molecule has 0 bridgehead atoms. The third-order valence-corrected chi connectivity index (χ3v) is 16.8. The molecule has 3 atom stereocenters. The number of fused-ring (bicyclic) bond motifs is 4. The summed E-state index contributed by atoms with van der Waals surface area (Å²) in [5.41, 5.74) is 6.29. The lowest BCUT2D eigenvalue weighted by molar-refractivity contribution is -0.117. The topological polar surface area (TPSA) is 115 Å². The van der Waals surface area contributed by atoms with Crippen LogP contribution in [0.2, 0.25) is 0 Å². The van der Waals surface area contributed by atoms with Gasteiger partial charge in [-0.2, -0.15) is 0 Å². The molecule has 4 N–H and O–H groups in total. The van der Waals surface area contributed by atoms with E-state index in [-0.39, 0.29) is 23.2 Å². The minimum atomic E-state index is -0.297. The van der Waals surface area contributed by atoms with Gasteiger partial charge in [0.15, 0.2) is 0 Å². The summed E-state index contributed by atoms with van der Waals surface area (Å²) in [5, 5.41) is 17.0. The van der Waals surface area contributed by atoms with E-state index in [2.05, 4.69) is 97.7 Å². The van der Waals surface area contributed by atoms with Crippen molar-refractivity contribution in [3.63, 3.8) is 0 Å². The van der Waals surface area contributed by atoms with Crippen LogP contribution in [0.3, 0.4) is 0 Å². The van der Waals surface area contributed by atoms with E-state index in [9.17, 15) is 14.0 Å². The van der Waals surface area contributed by atoms with Crippen LogP contribution < -0.4 is 21.3 Å². The molecule has 0 aliphatic carbocycles. The third-order valence-electron chi connectivity index (χ3n) is 12.5. The van der Waals surface area contributed by atoms with Gasteiger partial charge in [0.05, 0.1) is 20.4 Å². The predicted molar refractivity (Wildman–Crippen MR) is 264 cm³/mol. The Morgan fingerprint density at radius 3 is 1.84 bits per heavy atom. The number of hydrogen-bond acceptors (Lipinski definition) is 12. The van der Waals surface area contributed by atoms with Gasteiger partial charge in [0.1, 0.15) is 25.8 Å². The van der Waals surface area contributed by atoms with Crippen LogP contribution in [0.1, 0.15) is 101 Å². The standard InChI is InChI=1S/C48H61FN8O2S4/c1-8-28(2)50-21-17-40(58)54-47-43(45-53-35-25-31(49)15-16-37(35)61-45)33-20-24-57(27-39(33)63-47)30(4)14-13-29(3)56-23-19-32-38(26-56)62-46(55-41(59)18-22-51-48(5,6)7)42(32)44-52-34-11-9-10-12-36(34)60-44/h9-12,15-16,25,28-30,50-51H,8,13-14,17-24,26-27H2,1-7H3,(H,54,58)(H,55,59). The van der Waals surface area contributed by atoms with Crippen molar-refractivity contribution >= 4 is 87.6 Å². The summed E-state index contributed by atoms with van der Waals surface area (Å²) in [4.78, 5) is 44.4. The third kappa shape index (κ3) is 10.9. The van der Waals surface area contributed by atoms with E-state index >= 15 is 0 Å². The van der Waals surface area contributed by atoms with Crippen LogP contribution in [-0.4, -0.2) is 81.4 Å². The van der Waals surface area contributed by atoms with Gasteiger partial charge in [-0.05, 0) is 109 Å². The quantitative estimate of drug-likeness (QED) is 0.0715. The Balaban J connectivity index is 0.938. The lowest BCUT2D eigenvalue weighted by Gasteiger charge is -2.36. The van der Waals surface area contributed by atoms with Crippen LogP contribution in [0.25, 0.3) is 41.6 Å². The summed E-state index contributed by atoms with van der Waals surface area (Å²) in [6.07, 6.45) is 5.74. The van der Waals surface area contributed by atoms with Gasteiger partial charge in [-0.15, -0.1) is 45.3 Å². The number of carbonyl (C=O) groups excluding carboxylic acids is 2. The molecule has 336 valence electrons. The van der Waals surface area contributed by atoms with Gasteiger partial charge in [0, 0.05) is 103 Å². The maximum absolute atomic E-state index is 14.2. The Morgan fingerprint density at radius 2 is 1.29 bits per heavy atom. The van der Waals surface area contributed by atoms with Gasteiger partial charge >= 0.3 is 0 Å². The zero-order chi connectivity index (χ0) is 44.4. The van der Waals surface area contributed by atoms with Gasteiger partial charge in [-0.25, -0.2) is 14.4 Å². The molecule has 0 saturated heterocycles. The molecule has 0 spiro atoms. The highest BCUT2D eigenvalue weighted by atomic mass is 32.1. The fraction of sp³-hybridized carbons (Fsp3) is 0.500. The van der Waals surface area contributed by atoms with E-state index in [0.29, 0.717) is 49.6 Å². The molecule has 2 aromatic carbocycles. The predicted octanol–water partition coefficient (Wildman–Crippen LogP) is 10.9. The summed E-state index contributed by atoms with van der Waals surface area (Å²) >= 11 is 6.66. The van der Waals surface area contributed by atoms with Gasteiger partial charge < -0.3 is 21.3 Å². The zero-order valence-electron chi connectivity index (χ0n) is 37.6. The number of nitrogens with zero attached hydrogens (tertiary/aromatic N) is 4. The van der Waals surface area contributed by atoms with Crippen molar-refractivity contribution in [2.75, 3.05) is 36.8 Å². The maximum atomic E-state index is 14.2. The van der Waals surface area contributed by atoms with E-state index in [4.69, 9.17) is 9.97 Å². The molecule has 2 amide bonds. The number of amides is 2. The minimum Gasteiger partial charge on any atom is -0.317 e. The van der Waals surface area contributed by atoms with Crippen molar-refractivity contribution < 1.29 is 14.0 Å². The first-order valence-electron chi connectivity index (χ1n) is 22.5. The molecule has 2 aliphatic heterocycles. The van der Waals surface area contributed by atoms with Crippen molar-refractivity contribution in [2.24, 2.45) is 0 Å². The summed E-state index contributed by atoms with van der Waals surface area (Å²) in [7, 11) is 0. The number of nitrogens with one attached hydrogen (secondary N) is 4. The van der Waals surface area contributed by atoms with Crippen LogP contribution in [0.15, 0.2) is 42.5 Å². The van der Waals surface area contributed by atoms with Crippen molar-refractivity contribution in [2.45, 2.75) is 130 Å². The minimum absolute atomic E-state index is 0.0116. The number of benzene rings is 2. The second-order valence-electron chi connectivity index (χ2n) is 18.3. The van der Waals surface area contributed by atoms with E-state index in [1.165, 1.54) is 33.0 Å². The monoisotopic (exact) mass is 928 g/mol. The molecule has 2 aliphatic rings. The molecule has 4 aromatic heterocycles. The first kappa shape index (κ1) is 45.9. The van der Waals surface area contributed by atoms with Crippen LogP contribution in [-0.2, 0) is 35.5 Å². The SMILES string of the molecule is CCC(C)NCCC(=O)Nc1sc2c(c1-c1nc3cc(F)ccc3s1)CCN(C(C)CCC(C)N1CCc3c(sc(NC(=O)CCNC(C)(C)C)c3-c3nc4ccccc4s3)C1)C2. The van der Waals surface area contributed by atoms with E-state index in [0.717, 1.165) is 104 Å². The lowest BCUT2D eigenvalue weighted by Crippen LogP contribution is -2.40. The summed E-state index contributed by atoms with van der Waals surface area (Å²) < 4.78 is 16.3. The van der Waals surface area contributed by atoms with Crippen LogP contribution in [0.5, 0.6) is 0 Å². The van der Waals surface area contributed by atoms with Gasteiger partial charge in [0.25, 0.3) is 0 Å². The zero-order valence-corrected chi connectivity index (χ0v) is 40.8. The Bertz CT molecular complexity index is 2540. The van der Waals surface area contributed by atoms with Crippen molar-refractivity contribution in [3.05, 3.63) is 69.2 Å². The Kier molecular flexibility index (Phi) is 14.4. The van der Waals surface area contributed by atoms with Crippen molar-refractivity contribution in [1.82, 2.24) is 30.4 Å². The summed E-state index contributed by atoms with van der Waals surface area (Å²) in [6, 6.07) is 14.2. The molecule has 0 fully saturated rings. The maximum Gasteiger partial charge on any atom is 0.226 e. The van der Waals surface area contributed by atoms with E-state index in [1.807, 2.05) is 6.07 Å². The van der Waals surface area contributed by atoms with E-state index < -0.39 is 0 Å². The van der Waals surface area contributed by atoms with Gasteiger partial charge in [0.2, 0.25) is 11.8 Å². The lowest BCUT2D eigenvalue weighted by atomic mass is 9.98. The largest absolute Gasteiger partial charge is 0.317 e. The number of carbonyl (C=O) groups is 2. The molecule has 0 radical (unpaired) electrons.